The normalized spacial score (nSPS) is 17.8. The lowest BCUT2D eigenvalue weighted by molar-refractivity contribution is 0.264. The number of hydrogen-bond acceptors (Lipinski definition) is 1. The first-order valence-corrected chi connectivity index (χ1v) is 6.30. The summed E-state index contributed by atoms with van der Waals surface area (Å²) < 4.78 is 0. The van der Waals surface area contributed by atoms with Gasteiger partial charge in [0.25, 0.3) is 0 Å². The van der Waals surface area contributed by atoms with E-state index in [1.165, 1.54) is 38.5 Å². The first-order chi connectivity index (χ1) is 6.61. The summed E-state index contributed by atoms with van der Waals surface area (Å²) in [5.41, 5.74) is 0.356. The number of rotatable bonds is 8. The maximum atomic E-state index is 3.47. The average molecular weight is 199 g/mol. The largest absolute Gasteiger partial charge is 0.315 e. The zero-order chi connectivity index (χ0) is 11.0. The number of hydrogen-bond donors (Lipinski definition) is 1. The van der Waals surface area contributed by atoms with Gasteiger partial charge in [-0.05, 0) is 32.7 Å². The molecule has 0 aromatic rings. The standard InChI is InChI=1S/C13H29N/c1-6-9-10-12(7-2)11-13(4,8-3)14-5/h12,14H,6-11H2,1-5H3. The third kappa shape index (κ3) is 4.99. The van der Waals surface area contributed by atoms with E-state index in [4.69, 9.17) is 0 Å². The summed E-state index contributed by atoms with van der Waals surface area (Å²) in [7, 11) is 2.09. The molecule has 2 atom stereocenters. The molecule has 0 amide bonds. The number of nitrogens with one attached hydrogen (secondary N) is 1. The summed E-state index contributed by atoms with van der Waals surface area (Å²) in [4.78, 5) is 0. The van der Waals surface area contributed by atoms with Gasteiger partial charge in [0.05, 0.1) is 0 Å². The Kier molecular flexibility index (Phi) is 7.26. The molecule has 2 unspecified atom stereocenters. The van der Waals surface area contributed by atoms with E-state index in [1.54, 1.807) is 0 Å². The molecule has 0 aliphatic carbocycles. The van der Waals surface area contributed by atoms with Crippen molar-refractivity contribution < 1.29 is 0 Å². The van der Waals surface area contributed by atoms with Crippen molar-refractivity contribution in [3.05, 3.63) is 0 Å². The smallest absolute Gasteiger partial charge is 0.0150 e. The van der Waals surface area contributed by atoms with Crippen LogP contribution in [0.3, 0.4) is 0 Å². The highest BCUT2D eigenvalue weighted by molar-refractivity contribution is 4.82. The zero-order valence-corrected chi connectivity index (χ0v) is 10.8. The highest BCUT2D eigenvalue weighted by Gasteiger charge is 2.23. The molecule has 0 spiro atoms. The third-order valence-electron chi connectivity index (χ3n) is 3.67. The van der Waals surface area contributed by atoms with Crippen LogP contribution in [0.25, 0.3) is 0 Å². The summed E-state index contributed by atoms with van der Waals surface area (Å²) in [5.74, 6) is 0.910. The Labute approximate surface area is 90.7 Å². The Hall–Kier alpha value is -0.0400. The van der Waals surface area contributed by atoms with Crippen LogP contribution in [0.15, 0.2) is 0 Å². The van der Waals surface area contributed by atoms with Gasteiger partial charge in [0, 0.05) is 5.54 Å². The lowest BCUT2D eigenvalue weighted by atomic mass is 9.83. The highest BCUT2D eigenvalue weighted by atomic mass is 14.9. The Morgan fingerprint density at radius 1 is 1.21 bits per heavy atom. The predicted molar refractivity (Wildman–Crippen MR) is 65.7 cm³/mol. The van der Waals surface area contributed by atoms with E-state index in [9.17, 15) is 0 Å². The zero-order valence-electron chi connectivity index (χ0n) is 10.8. The van der Waals surface area contributed by atoms with Crippen LogP contribution < -0.4 is 5.32 Å². The molecule has 0 saturated heterocycles. The molecule has 1 N–H and O–H groups in total. The van der Waals surface area contributed by atoms with Gasteiger partial charge in [-0.25, -0.2) is 0 Å². The molecule has 0 heterocycles. The van der Waals surface area contributed by atoms with Crippen LogP contribution in [-0.4, -0.2) is 12.6 Å². The molecule has 0 aliphatic rings. The molecule has 0 aromatic heterocycles. The van der Waals surface area contributed by atoms with Crippen molar-refractivity contribution in [2.45, 2.75) is 71.8 Å². The second-order valence-corrected chi connectivity index (χ2v) is 4.78. The van der Waals surface area contributed by atoms with E-state index in [-0.39, 0.29) is 0 Å². The van der Waals surface area contributed by atoms with Crippen LogP contribution in [0.5, 0.6) is 0 Å². The van der Waals surface area contributed by atoms with Crippen molar-refractivity contribution in [3.63, 3.8) is 0 Å². The Bertz CT molecular complexity index is 127. The monoisotopic (exact) mass is 199 g/mol. The van der Waals surface area contributed by atoms with E-state index in [2.05, 4.69) is 40.1 Å². The topological polar surface area (TPSA) is 12.0 Å². The van der Waals surface area contributed by atoms with E-state index in [0.29, 0.717) is 5.54 Å². The Morgan fingerprint density at radius 3 is 2.21 bits per heavy atom. The Balaban J connectivity index is 4.00. The van der Waals surface area contributed by atoms with E-state index >= 15 is 0 Å². The van der Waals surface area contributed by atoms with Gasteiger partial charge in [-0.2, -0.15) is 0 Å². The molecule has 0 bridgehead atoms. The summed E-state index contributed by atoms with van der Waals surface area (Å²) >= 11 is 0. The molecular formula is C13H29N. The van der Waals surface area contributed by atoms with Gasteiger partial charge in [0.15, 0.2) is 0 Å². The lowest BCUT2D eigenvalue weighted by Crippen LogP contribution is -2.40. The van der Waals surface area contributed by atoms with Crippen molar-refractivity contribution >= 4 is 0 Å². The molecule has 1 nitrogen and oxygen atoms in total. The summed E-state index contributed by atoms with van der Waals surface area (Å²) in [5, 5.41) is 3.47. The fourth-order valence-corrected chi connectivity index (χ4v) is 2.00. The maximum Gasteiger partial charge on any atom is 0.0150 e. The minimum atomic E-state index is 0.356. The van der Waals surface area contributed by atoms with Crippen molar-refractivity contribution in [2.75, 3.05) is 7.05 Å². The molecule has 1 heteroatoms. The van der Waals surface area contributed by atoms with Gasteiger partial charge < -0.3 is 5.32 Å². The SMILES string of the molecule is CCCCC(CC)CC(C)(CC)NC. The van der Waals surface area contributed by atoms with Gasteiger partial charge in [0.1, 0.15) is 0 Å². The second-order valence-electron chi connectivity index (χ2n) is 4.78. The minimum absolute atomic E-state index is 0.356. The molecule has 0 aliphatic heterocycles. The Morgan fingerprint density at radius 2 is 1.86 bits per heavy atom. The van der Waals surface area contributed by atoms with Crippen LogP contribution in [0, 0.1) is 5.92 Å². The first-order valence-electron chi connectivity index (χ1n) is 6.30. The first kappa shape index (κ1) is 14.0. The predicted octanol–water partition coefficient (Wildman–Crippen LogP) is 3.98. The van der Waals surface area contributed by atoms with Gasteiger partial charge >= 0.3 is 0 Å². The van der Waals surface area contributed by atoms with Gasteiger partial charge in [-0.15, -0.1) is 0 Å². The van der Waals surface area contributed by atoms with Crippen LogP contribution >= 0.6 is 0 Å². The molecule has 14 heavy (non-hydrogen) atoms. The summed E-state index contributed by atoms with van der Waals surface area (Å²) in [6.07, 6.45) is 8.02. The molecular weight excluding hydrogens is 170 g/mol. The van der Waals surface area contributed by atoms with Crippen molar-refractivity contribution in [2.24, 2.45) is 5.92 Å². The van der Waals surface area contributed by atoms with E-state index in [1.807, 2.05) is 0 Å². The highest BCUT2D eigenvalue weighted by Crippen LogP contribution is 2.25. The van der Waals surface area contributed by atoms with Gasteiger partial charge in [-0.3, -0.25) is 0 Å². The lowest BCUT2D eigenvalue weighted by Gasteiger charge is -2.32. The van der Waals surface area contributed by atoms with Crippen LogP contribution in [0.2, 0.25) is 0 Å². The van der Waals surface area contributed by atoms with Crippen molar-refractivity contribution in [1.29, 1.82) is 0 Å². The quantitative estimate of drug-likeness (QED) is 0.623. The average Bonchev–Trinajstić information content (AvgIpc) is 2.23. The molecule has 0 fully saturated rings. The van der Waals surface area contributed by atoms with Crippen LogP contribution in [-0.2, 0) is 0 Å². The maximum absolute atomic E-state index is 3.47. The molecule has 0 aromatic carbocycles. The summed E-state index contributed by atoms with van der Waals surface area (Å²) in [6.45, 7) is 9.24. The fraction of sp³-hybridized carbons (Fsp3) is 1.00. The van der Waals surface area contributed by atoms with Crippen molar-refractivity contribution in [1.82, 2.24) is 5.32 Å². The summed E-state index contributed by atoms with van der Waals surface area (Å²) in [6, 6.07) is 0. The van der Waals surface area contributed by atoms with E-state index in [0.717, 1.165) is 5.92 Å². The molecule has 86 valence electrons. The number of unbranched alkanes of at least 4 members (excludes halogenated alkanes) is 1. The van der Waals surface area contributed by atoms with Gasteiger partial charge in [-0.1, -0.05) is 46.5 Å². The molecule has 0 rings (SSSR count). The second kappa shape index (κ2) is 7.28. The minimum Gasteiger partial charge on any atom is -0.315 e. The fourth-order valence-electron chi connectivity index (χ4n) is 2.00. The van der Waals surface area contributed by atoms with Crippen LogP contribution in [0.1, 0.15) is 66.2 Å². The molecule has 0 radical (unpaired) electrons. The van der Waals surface area contributed by atoms with Gasteiger partial charge in [0.2, 0.25) is 0 Å². The van der Waals surface area contributed by atoms with Crippen LogP contribution in [0.4, 0.5) is 0 Å². The van der Waals surface area contributed by atoms with Crippen molar-refractivity contribution in [3.8, 4) is 0 Å². The van der Waals surface area contributed by atoms with E-state index < -0.39 is 0 Å². The molecule has 0 saturated carbocycles. The third-order valence-corrected chi connectivity index (χ3v) is 3.67.